The van der Waals surface area contributed by atoms with E-state index in [4.69, 9.17) is 0 Å². The molecule has 1 aromatic rings. The van der Waals surface area contributed by atoms with Crippen LogP contribution in [0.4, 0.5) is 5.69 Å². The van der Waals surface area contributed by atoms with Crippen molar-refractivity contribution in [3.63, 3.8) is 0 Å². The summed E-state index contributed by atoms with van der Waals surface area (Å²) in [6.45, 7) is 0. The van der Waals surface area contributed by atoms with Crippen molar-refractivity contribution < 1.29 is 24.9 Å². The lowest BCUT2D eigenvalue weighted by molar-refractivity contribution is -0.129. The molecule has 110 valence electrons. The molecule has 0 spiro atoms. The normalized spacial score (nSPS) is 41.0. The molecule has 1 aliphatic heterocycles. The number of hydrogen-bond acceptors (Lipinski definition) is 5. The number of imide groups is 1. The summed E-state index contributed by atoms with van der Waals surface area (Å²) < 4.78 is 0. The van der Waals surface area contributed by atoms with E-state index in [-0.39, 0.29) is 29.4 Å². The molecule has 0 aromatic heterocycles. The molecular formula is C15H15NO5. The van der Waals surface area contributed by atoms with Gasteiger partial charge in [0.05, 0.1) is 29.7 Å². The number of carbonyl (C=O) groups excluding carboxylic acids is 2. The number of aliphatic hydroxyl groups is 2. The third kappa shape index (κ3) is 1.49. The average Bonchev–Trinajstić information content (AvgIpc) is 3.06. The lowest BCUT2D eigenvalue weighted by atomic mass is 9.78. The Morgan fingerprint density at radius 1 is 0.905 bits per heavy atom. The van der Waals surface area contributed by atoms with Crippen LogP contribution in [0.5, 0.6) is 5.75 Å². The second-order valence-corrected chi connectivity index (χ2v) is 6.12. The van der Waals surface area contributed by atoms with Crippen molar-refractivity contribution in [2.24, 2.45) is 23.7 Å². The number of phenolic OH excluding ortho intramolecular Hbond substituents is 1. The largest absolute Gasteiger partial charge is 0.508 e. The van der Waals surface area contributed by atoms with Crippen LogP contribution in [0.3, 0.4) is 0 Å². The van der Waals surface area contributed by atoms with Crippen molar-refractivity contribution in [3.05, 3.63) is 24.3 Å². The minimum atomic E-state index is -0.923. The summed E-state index contributed by atoms with van der Waals surface area (Å²) in [5.41, 5.74) is 0.417. The van der Waals surface area contributed by atoms with E-state index in [1.807, 2.05) is 0 Å². The molecule has 6 nitrogen and oxygen atoms in total. The number of carbonyl (C=O) groups is 2. The Kier molecular flexibility index (Phi) is 2.47. The molecule has 1 aromatic carbocycles. The number of nitrogens with zero attached hydrogens (tertiary/aromatic N) is 1. The van der Waals surface area contributed by atoms with E-state index in [0.717, 1.165) is 4.90 Å². The molecular weight excluding hydrogens is 274 g/mol. The van der Waals surface area contributed by atoms with Crippen LogP contribution in [0.1, 0.15) is 6.42 Å². The third-order valence-corrected chi connectivity index (χ3v) is 5.20. The predicted molar refractivity (Wildman–Crippen MR) is 71.2 cm³/mol. The first-order chi connectivity index (χ1) is 10.0. The lowest BCUT2D eigenvalue weighted by Crippen LogP contribution is -2.43. The zero-order chi connectivity index (χ0) is 14.9. The molecule has 1 heterocycles. The first-order valence-corrected chi connectivity index (χ1v) is 7.03. The first kappa shape index (κ1) is 12.8. The summed E-state index contributed by atoms with van der Waals surface area (Å²) in [6, 6.07) is 5.87. The summed E-state index contributed by atoms with van der Waals surface area (Å²) in [6.07, 6.45) is -1.32. The van der Waals surface area contributed by atoms with Gasteiger partial charge in [0.15, 0.2) is 0 Å². The SMILES string of the molecule is O=C1[C@@H]2[C@@H]3C[C@@H]([C@@H](O)[C@H]3O)[C@@H]2C(=O)N1c1ccc(O)cc1. The Bertz CT molecular complexity index is 595. The molecule has 4 rings (SSSR count). The average molecular weight is 289 g/mol. The zero-order valence-corrected chi connectivity index (χ0v) is 11.1. The zero-order valence-electron chi connectivity index (χ0n) is 11.1. The van der Waals surface area contributed by atoms with Crippen molar-refractivity contribution in [1.29, 1.82) is 0 Å². The number of rotatable bonds is 1. The number of aromatic hydroxyl groups is 1. The Labute approximate surface area is 120 Å². The van der Waals surface area contributed by atoms with E-state index >= 15 is 0 Å². The van der Waals surface area contributed by atoms with Crippen LogP contribution in [0.25, 0.3) is 0 Å². The summed E-state index contributed by atoms with van der Waals surface area (Å²) in [5.74, 6) is -2.31. The van der Waals surface area contributed by atoms with Crippen molar-refractivity contribution >= 4 is 17.5 Å². The van der Waals surface area contributed by atoms with Crippen LogP contribution in [0.15, 0.2) is 24.3 Å². The molecule has 2 aliphatic carbocycles. The summed E-state index contributed by atoms with van der Waals surface area (Å²) >= 11 is 0. The third-order valence-electron chi connectivity index (χ3n) is 5.20. The maximum atomic E-state index is 12.6. The van der Waals surface area contributed by atoms with Gasteiger partial charge in [-0.1, -0.05) is 0 Å². The topological polar surface area (TPSA) is 98.1 Å². The van der Waals surface area contributed by atoms with E-state index in [0.29, 0.717) is 12.1 Å². The molecule has 1 saturated heterocycles. The van der Waals surface area contributed by atoms with Gasteiger partial charge >= 0.3 is 0 Å². The second kappa shape index (κ2) is 4.05. The quantitative estimate of drug-likeness (QED) is 0.626. The lowest BCUT2D eigenvalue weighted by Gasteiger charge is -2.29. The molecule has 0 radical (unpaired) electrons. The van der Waals surface area contributed by atoms with Gasteiger partial charge < -0.3 is 15.3 Å². The first-order valence-electron chi connectivity index (χ1n) is 7.03. The van der Waals surface area contributed by atoms with E-state index < -0.39 is 24.0 Å². The van der Waals surface area contributed by atoms with Crippen molar-refractivity contribution in [2.45, 2.75) is 18.6 Å². The molecule has 21 heavy (non-hydrogen) atoms. The maximum absolute atomic E-state index is 12.6. The van der Waals surface area contributed by atoms with E-state index in [9.17, 15) is 24.9 Å². The molecule has 3 fully saturated rings. The van der Waals surface area contributed by atoms with Gasteiger partial charge in [0, 0.05) is 11.8 Å². The molecule has 6 heteroatoms. The fourth-order valence-electron chi connectivity index (χ4n) is 4.29. The fourth-order valence-corrected chi connectivity index (χ4v) is 4.29. The van der Waals surface area contributed by atoms with Gasteiger partial charge in [-0.05, 0) is 30.7 Å². The molecule has 3 N–H and O–H groups in total. The Hall–Kier alpha value is -1.92. The number of benzene rings is 1. The van der Waals surface area contributed by atoms with Gasteiger partial charge in [-0.15, -0.1) is 0 Å². The predicted octanol–water partition coefficient (Wildman–Crippen LogP) is -0.131. The van der Waals surface area contributed by atoms with E-state index in [1.165, 1.54) is 24.3 Å². The molecule has 2 amide bonds. The number of hydrogen-bond donors (Lipinski definition) is 3. The number of fused-ring (bicyclic) bond motifs is 5. The molecule has 0 unspecified atom stereocenters. The highest BCUT2D eigenvalue weighted by molar-refractivity contribution is 6.22. The fraction of sp³-hybridized carbons (Fsp3) is 0.467. The summed E-state index contributed by atoms with van der Waals surface area (Å²) in [5, 5.41) is 29.2. The van der Waals surface area contributed by atoms with Gasteiger partial charge in [0.1, 0.15) is 5.75 Å². The maximum Gasteiger partial charge on any atom is 0.238 e. The summed E-state index contributed by atoms with van der Waals surface area (Å²) in [4.78, 5) is 26.3. The van der Waals surface area contributed by atoms with Crippen molar-refractivity contribution in [3.8, 4) is 5.75 Å². The monoisotopic (exact) mass is 289 g/mol. The number of amides is 2. The molecule has 2 bridgehead atoms. The number of phenols is 1. The van der Waals surface area contributed by atoms with Crippen LogP contribution in [-0.2, 0) is 9.59 Å². The van der Waals surface area contributed by atoms with Crippen LogP contribution < -0.4 is 4.90 Å². The summed E-state index contributed by atoms with van der Waals surface area (Å²) in [7, 11) is 0. The van der Waals surface area contributed by atoms with Crippen LogP contribution in [0.2, 0.25) is 0 Å². The van der Waals surface area contributed by atoms with E-state index in [1.54, 1.807) is 0 Å². The minimum absolute atomic E-state index is 0.0592. The molecule has 6 atom stereocenters. The van der Waals surface area contributed by atoms with Gasteiger partial charge in [0.2, 0.25) is 11.8 Å². The van der Waals surface area contributed by atoms with Gasteiger partial charge in [0.25, 0.3) is 0 Å². The minimum Gasteiger partial charge on any atom is -0.508 e. The second-order valence-electron chi connectivity index (χ2n) is 6.12. The van der Waals surface area contributed by atoms with Crippen molar-refractivity contribution in [1.82, 2.24) is 0 Å². The Balaban J connectivity index is 1.73. The molecule has 2 saturated carbocycles. The highest BCUT2D eigenvalue weighted by Gasteiger charge is 2.67. The van der Waals surface area contributed by atoms with Gasteiger partial charge in [-0.25, -0.2) is 0 Å². The van der Waals surface area contributed by atoms with Crippen LogP contribution in [0, 0.1) is 23.7 Å². The number of anilines is 1. The van der Waals surface area contributed by atoms with Crippen LogP contribution >= 0.6 is 0 Å². The number of aliphatic hydroxyl groups excluding tert-OH is 2. The van der Waals surface area contributed by atoms with E-state index in [2.05, 4.69) is 0 Å². The van der Waals surface area contributed by atoms with Crippen LogP contribution in [-0.4, -0.2) is 39.3 Å². The van der Waals surface area contributed by atoms with Gasteiger partial charge in [-0.3, -0.25) is 14.5 Å². The van der Waals surface area contributed by atoms with Crippen molar-refractivity contribution in [2.75, 3.05) is 4.90 Å². The highest BCUT2D eigenvalue weighted by Crippen LogP contribution is 2.56. The van der Waals surface area contributed by atoms with Gasteiger partial charge in [-0.2, -0.15) is 0 Å². The molecule has 3 aliphatic rings. The highest BCUT2D eigenvalue weighted by atomic mass is 16.3. The Morgan fingerprint density at radius 3 is 1.86 bits per heavy atom. The Morgan fingerprint density at radius 2 is 1.38 bits per heavy atom. The smallest absolute Gasteiger partial charge is 0.238 e. The standard InChI is InChI=1S/C15H15NO5/c17-7-3-1-6(2-4-7)16-14(20)10-8-5-9(11(10)15(16)21)13(19)12(8)18/h1-4,8-13,17-19H,5H2/t8-,9+,10+,11-,12-,13+.